The molecule has 204 valence electrons. The average molecular weight is 524 g/mol. The molecule has 38 heavy (non-hydrogen) atoms. The molecule has 0 aromatic heterocycles. The van der Waals surface area contributed by atoms with E-state index in [0.29, 0.717) is 24.9 Å². The fraction of sp³-hybridized carbons (Fsp3) is 0.448. The first-order valence-electron chi connectivity index (χ1n) is 13.0. The number of aromatic hydroxyl groups is 1. The lowest BCUT2D eigenvalue weighted by Gasteiger charge is -2.31. The number of ether oxygens (including phenoxy) is 1. The van der Waals surface area contributed by atoms with Crippen LogP contribution in [0.4, 0.5) is 0 Å². The van der Waals surface area contributed by atoms with E-state index in [4.69, 9.17) is 4.74 Å². The number of hydrogen-bond acceptors (Lipinski definition) is 6. The van der Waals surface area contributed by atoms with E-state index in [9.17, 15) is 24.3 Å². The van der Waals surface area contributed by atoms with E-state index in [1.54, 1.807) is 26.0 Å². The highest BCUT2D eigenvalue weighted by molar-refractivity contribution is 6.00. The summed E-state index contributed by atoms with van der Waals surface area (Å²) >= 11 is 0. The van der Waals surface area contributed by atoms with E-state index in [2.05, 4.69) is 10.6 Å². The molecule has 4 atom stereocenters. The van der Waals surface area contributed by atoms with E-state index >= 15 is 0 Å². The first kappa shape index (κ1) is 28.8. The molecular formula is C29H37N3O6. The van der Waals surface area contributed by atoms with Gasteiger partial charge in [0.2, 0.25) is 11.8 Å². The van der Waals surface area contributed by atoms with Crippen LogP contribution in [0.1, 0.15) is 55.1 Å². The fourth-order valence-electron chi connectivity index (χ4n) is 4.49. The minimum absolute atomic E-state index is 0.0135. The smallest absolute Gasteiger partial charge is 0.252 e. The number of benzene rings is 2. The van der Waals surface area contributed by atoms with Gasteiger partial charge in [-0.25, -0.2) is 0 Å². The summed E-state index contributed by atoms with van der Waals surface area (Å²) in [5.74, 6) is -1.62. The number of nitrogens with zero attached hydrogens (tertiary/aromatic N) is 1. The first-order chi connectivity index (χ1) is 18.2. The molecule has 3 amide bonds. The molecule has 0 bridgehead atoms. The number of phenols is 1. The molecule has 3 rings (SSSR count). The normalized spacial score (nSPS) is 18.6. The van der Waals surface area contributed by atoms with Crippen molar-refractivity contribution in [3.8, 4) is 5.75 Å². The highest BCUT2D eigenvalue weighted by Crippen LogP contribution is 2.25. The number of carbonyl (C=O) groups is 4. The van der Waals surface area contributed by atoms with Crippen LogP contribution in [-0.2, 0) is 25.7 Å². The number of hydrogen-bond donors (Lipinski definition) is 3. The maximum Gasteiger partial charge on any atom is 0.252 e. The van der Waals surface area contributed by atoms with Crippen molar-refractivity contribution in [3.63, 3.8) is 0 Å². The Morgan fingerprint density at radius 2 is 1.82 bits per heavy atom. The molecule has 1 fully saturated rings. The zero-order valence-electron chi connectivity index (χ0n) is 22.3. The number of likely N-dealkylation sites (tertiary alicyclic amines) is 1. The lowest BCUT2D eigenvalue weighted by atomic mass is 10.0. The molecule has 0 aliphatic carbocycles. The van der Waals surface area contributed by atoms with Gasteiger partial charge in [0.1, 0.15) is 24.1 Å². The van der Waals surface area contributed by atoms with Gasteiger partial charge in [0.25, 0.3) is 5.91 Å². The zero-order valence-corrected chi connectivity index (χ0v) is 22.3. The van der Waals surface area contributed by atoms with Crippen molar-refractivity contribution in [2.24, 2.45) is 5.92 Å². The third kappa shape index (κ3) is 6.98. The van der Waals surface area contributed by atoms with Gasteiger partial charge in [-0.15, -0.1) is 0 Å². The van der Waals surface area contributed by atoms with Crippen molar-refractivity contribution in [2.75, 3.05) is 6.54 Å². The van der Waals surface area contributed by atoms with Crippen LogP contribution in [0.25, 0.3) is 0 Å². The maximum absolute atomic E-state index is 13.8. The minimum atomic E-state index is -0.916. The molecule has 1 aliphatic heterocycles. The van der Waals surface area contributed by atoms with Crippen molar-refractivity contribution in [1.82, 2.24) is 15.5 Å². The monoisotopic (exact) mass is 523 g/mol. The Bertz CT molecular complexity index is 1140. The SMILES string of the molecule is CC[C@@H](C=O)NC(=O)[C@@H]1C[C@@H](OCc2ccccc2)CN1C(=O)[C@@H](NC(=O)c1cccc(O)c1C)C(C)C. The van der Waals surface area contributed by atoms with Crippen LogP contribution in [-0.4, -0.2) is 64.8 Å². The van der Waals surface area contributed by atoms with Crippen LogP contribution in [0, 0.1) is 12.8 Å². The van der Waals surface area contributed by atoms with Crippen molar-refractivity contribution in [1.29, 1.82) is 0 Å². The van der Waals surface area contributed by atoms with Crippen LogP contribution < -0.4 is 10.6 Å². The van der Waals surface area contributed by atoms with E-state index < -0.39 is 42.0 Å². The number of phenolic OH excluding ortho intramolecular Hbond substituents is 1. The molecule has 9 nitrogen and oxygen atoms in total. The van der Waals surface area contributed by atoms with Crippen LogP contribution in [0.5, 0.6) is 5.75 Å². The average Bonchev–Trinajstić information content (AvgIpc) is 3.35. The third-order valence-electron chi connectivity index (χ3n) is 6.88. The second kappa shape index (κ2) is 13.2. The largest absolute Gasteiger partial charge is 0.508 e. The van der Waals surface area contributed by atoms with Crippen LogP contribution in [0.3, 0.4) is 0 Å². The van der Waals surface area contributed by atoms with Crippen molar-refractivity contribution < 1.29 is 29.0 Å². The zero-order chi connectivity index (χ0) is 27.8. The summed E-state index contributed by atoms with van der Waals surface area (Å²) in [7, 11) is 0. The molecule has 2 aromatic carbocycles. The van der Waals surface area contributed by atoms with Gasteiger partial charge in [0.15, 0.2) is 0 Å². The topological polar surface area (TPSA) is 125 Å². The Kier molecular flexibility index (Phi) is 10.0. The first-order valence-corrected chi connectivity index (χ1v) is 13.0. The van der Waals surface area contributed by atoms with Gasteiger partial charge in [-0.2, -0.15) is 0 Å². The maximum atomic E-state index is 13.8. The third-order valence-corrected chi connectivity index (χ3v) is 6.88. The summed E-state index contributed by atoms with van der Waals surface area (Å²) in [4.78, 5) is 52.9. The van der Waals surface area contributed by atoms with Crippen LogP contribution in [0.15, 0.2) is 48.5 Å². The van der Waals surface area contributed by atoms with Gasteiger partial charge in [-0.3, -0.25) is 14.4 Å². The summed E-state index contributed by atoms with van der Waals surface area (Å²) < 4.78 is 6.07. The van der Waals surface area contributed by atoms with E-state index in [0.717, 1.165) is 5.56 Å². The van der Waals surface area contributed by atoms with Crippen LogP contribution in [0.2, 0.25) is 0 Å². The fourth-order valence-corrected chi connectivity index (χ4v) is 4.49. The second-order valence-corrected chi connectivity index (χ2v) is 9.96. The van der Waals surface area contributed by atoms with E-state index in [-0.39, 0.29) is 30.2 Å². The molecular weight excluding hydrogens is 486 g/mol. The Hall–Kier alpha value is -3.72. The summed E-state index contributed by atoms with van der Waals surface area (Å²) in [6.07, 6.45) is 0.974. The van der Waals surface area contributed by atoms with Crippen molar-refractivity contribution in [2.45, 2.75) is 71.4 Å². The molecule has 0 unspecified atom stereocenters. The standard InChI is InChI=1S/C29H37N3O6/c1-5-21(16-33)30-28(36)24-14-22(38-17-20-10-7-6-8-11-20)15-32(24)29(37)26(18(2)3)31-27(35)23-12-9-13-25(34)19(23)4/h6-13,16,18,21-22,24,26,34H,5,14-15,17H2,1-4H3,(H,30,36)(H,31,35)/t21-,22+,24-,26-/m0/s1. The van der Waals surface area contributed by atoms with Gasteiger partial charge in [-0.1, -0.05) is 57.2 Å². The van der Waals surface area contributed by atoms with E-state index in [1.165, 1.54) is 11.0 Å². The van der Waals surface area contributed by atoms with Gasteiger partial charge in [0.05, 0.1) is 18.8 Å². The van der Waals surface area contributed by atoms with Gasteiger partial charge in [-0.05, 0) is 37.0 Å². The van der Waals surface area contributed by atoms with Crippen molar-refractivity contribution >= 4 is 24.0 Å². The molecule has 1 saturated heterocycles. The van der Waals surface area contributed by atoms with Gasteiger partial charge in [0, 0.05) is 24.1 Å². The number of aldehydes is 1. The van der Waals surface area contributed by atoms with E-state index in [1.807, 2.05) is 44.2 Å². The Balaban J connectivity index is 1.81. The van der Waals surface area contributed by atoms with Crippen molar-refractivity contribution in [3.05, 3.63) is 65.2 Å². The molecule has 0 saturated carbocycles. The number of amides is 3. The molecule has 0 radical (unpaired) electrons. The minimum Gasteiger partial charge on any atom is -0.508 e. The Morgan fingerprint density at radius 3 is 2.45 bits per heavy atom. The molecule has 1 heterocycles. The van der Waals surface area contributed by atoms with Gasteiger partial charge < -0.3 is 30.2 Å². The lowest BCUT2D eigenvalue weighted by molar-refractivity contribution is -0.141. The molecule has 3 N–H and O–H groups in total. The molecule has 1 aliphatic rings. The molecule has 0 spiro atoms. The number of nitrogens with one attached hydrogen (secondary N) is 2. The Labute approximate surface area is 223 Å². The van der Waals surface area contributed by atoms with Crippen LogP contribution >= 0.6 is 0 Å². The lowest BCUT2D eigenvalue weighted by Crippen LogP contribution is -2.56. The molecule has 2 aromatic rings. The quantitative estimate of drug-likeness (QED) is 0.389. The number of rotatable bonds is 11. The highest BCUT2D eigenvalue weighted by atomic mass is 16.5. The summed E-state index contributed by atoms with van der Waals surface area (Å²) in [6.45, 7) is 7.54. The predicted molar refractivity (Wildman–Crippen MR) is 142 cm³/mol. The Morgan fingerprint density at radius 1 is 1.11 bits per heavy atom. The summed E-state index contributed by atoms with van der Waals surface area (Å²) in [5.41, 5.74) is 1.64. The highest BCUT2D eigenvalue weighted by Gasteiger charge is 2.43. The summed E-state index contributed by atoms with van der Waals surface area (Å²) in [5, 5.41) is 15.5. The van der Waals surface area contributed by atoms with Gasteiger partial charge >= 0.3 is 0 Å². The summed E-state index contributed by atoms with van der Waals surface area (Å²) in [6, 6.07) is 11.8. The molecule has 9 heteroatoms. The number of carbonyl (C=O) groups excluding carboxylic acids is 4. The predicted octanol–water partition coefficient (Wildman–Crippen LogP) is 2.74. The second-order valence-electron chi connectivity index (χ2n) is 9.96.